The SMILES string of the molecule is [Li+].[Li+].[Mg+2].[Mg+2].[Ni+2].[Ni+2].[O-2].[O-2].[O-2].[O-2].[O-2]. The number of hydrogen-bond acceptors (Lipinski definition) is 0. The molecule has 11 heavy (non-hydrogen) atoms. The van der Waals surface area contributed by atoms with E-state index in [1.54, 1.807) is 0 Å². The van der Waals surface area contributed by atoms with Crippen LogP contribution in [-0.4, -0.2) is 46.1 Å². The van der Waals surface area contributed by atoms with Gasteiger partial charge in [-0.2, -0.15) is 0 Å². The maximum Gasteiger partial charge on any atom is 2.00 e. The van der Waals surface area contributed by atoms with Gasteiger partial charge in [0.05, 0.1) is 0 Å². The van der Waals surface area contributed by atoms with Gasteiger partial charge in [-0.05, 0) is 0 Å². The minimum atomic E-state index is 0. The molecule has 0 spiro atoms. The third-order valence-corrected chi connectivity index (χ3v) is 0. The molecular weight excluding hydrogens is 260 g/mol. The van der Waals surface area contributed by atoms with Crippen LogP contribution in [0.2, 0.25) is 0 Å². The van der Waals surface area contributed by atoms with Crippen LogP contribution in [0.15, 0.2) is 0 Å². The predicted molar refractivity (Wildman–Crippen MR) is 14.9 cm³/mol. The first-order valence-electron chi connectivity index (χ1n) is 0. The molecule has 11 heteroatoms. The Labute approximate surface area is 142 Å². The summed E-state index contributed by atoms with van der Waals surface area (Å²) in [6.07, 6.45) is 0. The summed E-state index contributed by atoms with van der Waals surface area (Å²) >= 11 is 0. The molecule has 0 N–H and O–H groups in total. The molecule has 0 amide bonds. The molecule has 0 unspecified atom stereocenters. The molecule has 0 rings (SSSR count). The van der Waals surface area contributed by atoms with Crippen molar-refractivity contribution in [1.29, 1.82) is 0 Å². The van der Waals surface area contributed by atoms with Crippen molar-refractivity contribution in [3.63, 3.8) is 0 Å². The second-order valence-corrected chi connectivity index (χ2v) is 0. The second kappa shape index (κ2) is 171. The van der Waals surface area contributed by atoms with Crippen molar-refractivity contribution in [3.8, 4) is 0 Å². The van der Waals surface area contributed by atoms with E-state index in [0.717, 1.165) is 0 Å². The topological polar surface area (TPSA) is 142 Å². The van der Waals surface area contributed by atoms with Gasteiger partial charge in [0.2, 0.25) is 0 Å². The molecule has 0 aromatic carbocycles. The van der Waals surface area contributed by atoms with Crippen molar-refractivity contribution in [2.24, 2.45) is 0 Å². The zero-order chi connectivity index (χ0) is 0. The standard InChI is InChI=1S/2Li.2Mg.2Ni.5O/q2*+1;4*+2;5*-2. The summed E-state index contributed by atoms with van der Waals surface area (Å²) in [7, 11) is 0. The summed E-state index contributed by atoms with van der Waals surface area (Å²) in [6.45, 7) is 0. The first-order valence-corrected chi connectivity index (χ1v) is 0. The van der Waals surface area contributed by atoms with Gasteiger partial charge in [-0.1, -0.05) is 0 Å². The number of rotatable bonds is 0. The van der Waals surface area contributed by atoms with Crippen LogP contribution in [0.5, 0.6) is 0 Å². The number of hydrogen-bond donors (Lipinski definition) is 0. The first kappa shape index (κ1) is 215. The third kappa shape index (κ3) is 145. The van der Waals surface area contributed by atoms with Gasteiger partial charge in [-0.3, -0.25) is 0 Å². The fourth-order valence-corrected chi connectivity index (χ4v) is 0. The van der Waals surface area contributed by atoms with Crippen LogP contribution in [0.3, 0.4) is 0 Å². The molecule has 0 fully saturated rings. The minimum absolute atomic E-state index is 0. The molecule has 0 radical (unpaired) electrons. The Morgan fingerprint density at radius 3 is 0.364 bits per heavy atom. The summed E-state index contributed by atoms with van der Waals surface area (Å²) in [5.74, 6) is 0. The summed E-state index contributed by atoms with van der Waals surface area (Å²) in [4.78, 5) is 0. The van der Waals surface area contributed by atoms with Gasteiger partial charge in [0.25, 0.3) is 0 Å². The van der Waals surface area contributed by atoms with E-state index in [-0.39, 0.29) is 144 Å². The molecule has 0 aliphatic carbocycles. The van der Waals surface area contributed by atoms with Gasteiger partial charge in [-0.15, -0.1) is 0 Å². The molecule has 0 aliphatic heterocycles. The molecule has 0 aromatic rings. The van der Waals surface area contributed by atoms with E-state index in [1.807, 2.05) is 0 Å². The van der Waals surface area contributed by atoms with E-state index >= 15 is 0 Å². The van der Waals surface area contributed by atoms with E-state index in [1.165, 1.54) is 0 Å². The van der Waals surface area contributed by atoms with Crippen LogP contribution in [-0.2, 0) is 60.4 Å². The van der Waals surface area contributed by atoms with E-state index in [2.05, 4.69) is 0 Å². The third-order valence-electron chi connectivity index (χ3n) is 0. The molecule has 0 bridgehead atoms. The van der Waals surface area contributed by atoms with E-state index in [0.29, 0.717) is 0 Å². The van der Waals surface area contributed by atoms with Crippen LogP contribution in [0.4, 0.5) is 0 Å². The van der Waals surface area contributed by atoms with Crippen molar-refractivity contribution >= 4 is 46.1 Å². The van der Waals surface area contributed by atoms with Gasteiger partial charge >= 0.3 is 117 Å². The molecule has 0 atom stereocenters. The van der Waals surface area contributed by atoms with Gasteiger partial charge < -0.3 is 27.4 Å². The molecule has 0 saturated heterocycles. The van der Waals surface area contributed by atoms with E-state index in [4.69, 9.17) is 0 Å². The molecule has 5 nitrogen and oxygen atoms in total. The Balaban J connectivity index is 0. The summed E-state index contributed by atoms with van der Waals surface area (Å²) in [5, 5.41) is 0. The molecule has 56 valence electrons. The summed E-state index contributed by atoms with van der Waals surface area (Å²) in [5.41, 5.74) is 0. The molecular formula is Li2Mg2Ni2O5. The average molecular weight is 260 g/mol. The summed E-state index contributed by atoms with van der Waals surface area (Å²) in [6, 6.07) is 0. The maximum absolute atomic E-state index is 0. The van der Waals surface area contributed by atoms with Gasteiger partial charge in [0, 0.05) is 0 Å². The van der Waals surface area contributed by atoms with Crippen LogP contribution in [0.25, 0.3) is 0 Å². The average Bonchev–Trinajstić information content (AvgIpc) is 0. The van der Waals surface area contributed by atoms with Crippen molar-refractivity contribution < 1.29 is 98.1 Å². The van der Waals surface area contributed by atoms with Crippen LogP contribution >= 0.6 is 0 Å². The van der Waals surface area contributed by atoms with Crippen molar-refractivity contribution in [3.05, 3.63) is 0 Å². The zero-order valence-corrected chi connectivity index (χ0v) is 10.9. The summed E-state index contributed by atoms with van der Waals surface area (Å²) < 4.78 is 0. The van der Waals surface area contributed by atoms with E-state index < -0.39 is 0 Å². The van der Waals surface area contributed by atoms with Crippen molar-refractivity contribution in [2.45, 2.75) is 0 Å². The fourth-order valence-electron chi connectivity index (χ4n) is 0. The molecule has 0 heterocycles. The Hall–Kier alpha value is 3.51. The van der Waals surface area contributed by atoms with Crippen molar-refractivity contribution in [2.75, 3.05) is 0 Å². The van der Waals surface area contributed by atoms with Gasteiger partial charge in [0.15, 0.2) is 0 Å². The Morgan fingerprint density at radius 2 is 0.364 bits per heavy atom. The molecule has 0 aliphatic rings. The molecule has 0 aromatic heterocycles. The Bertz CT molecular complexity index is 20.4. The van der Waals surface area contributed by atoms with Crippen LogP contribution in [0.1, 0.15) is 0 Å². The van der Waals surface area contributed by atoms with Crippen LogP contribution < -0.4 is 37.7 Å². The Morgan fingerprint density at radius 1 is 0.364 bits per heavy atom. The fraction of sp³-hybridized carbons (Fsp3) is 0. The second-order valence-electron chi connectivity index (χ2n) is 0. The zero-order valence-electron chi connectivity index (χ0n) is 6.09. The van der Waals surface area contributed by atoms with Crippen LogP contribution in [0, 0.1) is 0 Å². The van der Waals surface area contributed by atoms with Gasteiger partial charge in [0.1, 0.15) is 0 Å². The monoisotopic (exact) mass is 258 g/mol. The van der Waals surface area contributed by atoms with Gasteiger partial charge in [-0.25, -0.2) is 0 Å². The Kier molecular flexibility index (Phi) is 3340. The molecule has 0 saturated carbocycles. The maximum atomic E-state index is 0. The largest absolute Gasteiger partial charge is 2.00 e. The quantitative estimate of drug-likeness (QED) is 0.381. The minimum Gasteiger partial charge on any atom is -2.00 e. The normalized spacial score (nSPS) is 0. The van der Waals surface area contributed by atoms with E-state index in [9.17, 15) is 0 Å². The predicted octanol–water partition coefficient (Wildman–Crippen LogP) is -7.35. The van der Waals surface area contributed by atoms with Crippen molar-refractivity contribution in [1.82, 2.24) is 0 Å². The first-order chi connectivity index (χ1) is 0. The smallest absolute Gasteiger partial charge is 2.00 e.